The average Bonchev–Trinajstić information content (AvgIpc) is 1.65. The molecule has 25 heteroatoms. The first-order valence-corrected chi connectivity index (χ1v) is 42.3. The summed E-state index contributed by atoms with van der Waals surface area (Å²) in [5, 5.41) is 60.3. The molecule has 572 valence electrons. The number of aliphatic hydroxyl groups is 5. The Labute approximate surface area is 676 Å². The number of alkyl carbamates (subject to hydrolysis) is 1. The van der Waals surface area contributed by atoms with E-state index in [1.165, 1.54) is 80.0 Å². The summed E-state index contributed by atoms with van der Waals surface area (Å²) in [6, 6.07) is 20.6. The van der Waals surface area contributed by atoms with Crippen LogP contribution in [0.4, 0.5) is 4.79 Å². The lowest BCUT2D eigenvalue weighted by molar-refractivity contribution is 0.0266. The minimum atomic E-state index is -0.512. The van der Waals surface area contributed by atoms with Gasteiger partial charge in [0.15, 0.2) is 0 Å². The van der Waals surface area contributed by atoms with Gasteiger partial charge in [-0.15, -0.1) is 0 Å². The fourth-order valence-electron chi connectivity index (χ4n) is 17.9. The summed E-state index contributed by atoms with van der Waals surface area (Å²) < 4.78 is 8.37. The molecule has 15 rings (SSSR count). The highest BCUT2D eigenvalue weighted by atomic mass is 79.9. The highest BCUT2D eigenvalue weighted by Crippen LogP contribution is 2.48. The molecular formula is C79H104Br3Cl7N8O7. The monoisotopic (exact) mass is 1760 g/mol. The van der Waals surface area contributed by atoms with E-state index in [2.05, 4.69) is 116 Å². The van der Waals surface area contributed by atoms with E-state index in [0.717, 1.165) is 141 Å². The number of amides is 1. The Morgan fingerprint density at radius 2 is 0.683 bits per heavy atom. The van der Waals surface area contributed by atoms with Crippen LogP contribution in [0.5, 0.6) is 0 Å². The van der Waals surface area contributed by atoms with Gasteiger partial charge in [-0.05, 0) is 275 Å². The van der Waals surface area contributed by atoms with E-state index in [4.69, 9.17) is 85.9 Å². The fourth-order valence-corrected chi connectivity index (χ4v) is 22.1. The first-order valence-electron chi connectivity index (χ1n) is 37.2. The Bertz CT molecular complexity index is 3610. The van der Waals surface area contributed by atoms with E-state index in [-0.39, 0.29) is 60.7 Å². The molecule has 0 spiro atoms. The Hall–Kier alpha value is -1.64. The van der Waals surface area contributed by atoms with E-state index in [1.54, 1.807) is 12.1 Å². The van der Waals surface area contributed by atoms with Gasteiger partial charge in [0.25, 0.3) is 0 Å². The van der Waals surface area contributed by atoms with Crippen LogP contribution in [0.3, 0.4) is 0 Å². The molecule has 5 aliphatic heterocycles. The molecule has 0 unspecified atom stereocenters. The molecule has 5 fully saturated rings. The molecule has 0 bridgehead atoms. The van der Waals surface area contributed by atoms with Gasteiger partial charge < -0.3 is 45.4 Å². The summed E-state index contributed by atoms with van der Waals surface area (Å²) in [6.45, 7) is 15.5. The van der Waals surface area contributed by atoms with E-state index in [0.29, 0.717) is 69.4 Å². The summed E-state index contributed by atoms with van der Waals surface area (Å²) in [5.41, 5.74) is 10.9. The van der Waals surface area contributed by atoms with Crippen molar-refractivity contribution in [2.45, 2.75) is 214 Å². The highest BCUT2D eigenvalue weighted by Gasteiger charge is 2.44. The molecule has 5 heterocycles. The number of carbonyl (C=O) groups is 1. The van der Waals surface area contributed by atoms with Gasteiger partial charge in [-0.1, -0.05) is 142 Å². The molecule has 5 aromatic carbocycles. The van der Waals surface area contributed by atoms with Crippen molar-refractivity contribution < 1.29 is 35.1 Å². The van der Waals surface area contributed by atoms with Crippen LogP contribution < -0.4 is 5.32 Å². The molecule has 5 aromatic rings. The Kier molecular flexibility index (Phi) is 29.5. The topological polar surface area (TPSA) is 162 Å². The number of likely N-dealkylation sites (tertiary alicyclic amines) is 5. The van der Waals surface area contributed by atoms with Crippen molar-refractivity contribution in [1.29, 1.82) is 0 Å². The van der Waals surface area contributed by atoms with Gasteiger partial charge in [-0.2, -0.15) is 0 Å². The first kappa shape index (κ1) is 83.3. The molecule has 13 atom stereocenters. The number of hydrogen-bond acceptors (Lipinski definition) is 14. The third-order valence-electron chi connectivity index (χ3n) is 22.7. The zero-order valence-corrected chi connectivity index (χ0v) is 70.9. The van der Waals surface area contributed by atoms with E-state index < -0.39 is 17.8 Å². The lowest BCUT2D eigenvalue weighted by Crippen LogP contribution is -2.50. The zero-order valence-electron chi connectivity index (χ0n) is 60.8. The number of aliphatic hydroxyl groups excluding tert-OH is 5. The van der Waals surface area contributed by atoms with Gasteiger partial charge in [0, 0.05) is 118 Å². The Morgan fingerprint density at radius 3 is 1.01 bits per heavy atom. The average molecular weight is 1770 g/mol. The maximum atomic E-state index is 12.1. The van der Waals surface area contributed by atoms with E-state index >= 15 is 0 Å². The zero-order chi connectivity index (χ0) is 74.7. The van der Waals surface area contributed by atoms with Crippen LogP contribution in [0, 0.1) is 0 Å². The number of rotatable bonds is 8. The van der Waals surface area contributed by atoms with E-state index in [1.807, 2.05) is 69.3 Å². The van der Waals surface area contributed by atoms with Crippen molar-refractivity contribution in [3.8, 4) is 0 Å². The van der Waals surface area contributed by atoms with Crippen molar-refractivity contribution in [2.75, 3.05) is 93.6 Å². The SMILES string of the molecule is CC(C)(C)OC(=O)N[C@@H]1CCCN([C@@H]2c3cc(Cl)cc(Br)c3C[C@H]2O)C1.CN(C)[C@@H]1CCCN([C@@H]2c3cc(Cl)cc(Br)c3C[C@H]2O)C1.CN(C)[C@@H]1CCCN([C@@H]2c3cc(Cl)cc(Cl)c3C[C@H]2O)C1.O[C@@H]1Cc2c(Br)cc(Cl)cc2[C@H]1N1CCCCC1.O[C@@H]1Cc2c(Cl)cc(Cl)cc2[C@H]1N1CCCCC1. The highest BCUT2D eigenvalue weighted by molar-refractivity contribution is 9.11. The summed E-state index contributed by atoms with van der Waals surface area (Å²) in [4.78, 5) is 28.5. The molecular weight excluding hydrogens is 1660 g/mol. The third-order valence-corrected chi connectivity index (χ3v) is 26.6. The van der Waals surface area contributed by atoms with Gasteiger partial charge in [0.1, 0.15) is 5.60 Å². The number of hydrogen-bond donors (Lipinski definition) is 6. The van der Waals surface area contributed by atoms with Gasteiger partial charge in [-0.3, -0.25) is 24.5 Å². The minimum Gasteiger partial charge on any atom is -0.444 e. The number of likely N-dealkylation sites (N-methyl/N-ethyl adjacent to an activating group) is 2. The number of nitrogens with zero attached hydrogens (tertiary/aromatic N) is 7. The molecule has 1 amide bonds. The van der Waals surface area contributed by atoms with Crippen molar-refractivity contribution in [3.63, 3.8) is 0 Å². The number of benzene rings is 5. The molecule has 5 aliphatic carbocycles. The maximum Gasteiger partial charge on any atom is 0.407 e. The van der Waals surface area contributed by atoms with Gasteiger partial charge in [0.2, 0.25) is 0 Å². The van der Waals surface area contributed by atoms with Crippen LogP contribution in [0.2, 0.25) is 35.2 Å². The van der Waals surface area contributed by atoms with Crippen LogP contribution in [-0.2, 0) is 36.8 Å². The summed E-state index contributed by atoms with van der Waals surface area (Å²) in [7, 11) is 8.53. The van der Waals surface area contributed by atoms with Gasteiger partial charge in [-0.25, -0.2) is 4.79 Å². The number of fused-ring (bicyclic) bond motifs is 5. The van der Waals surface area contributed by atoms with Crippen molar-refractivity contribution in [2.24, 2.45) is 0 Å². The smallest absolute Gasteiger partial charge is 0.407 e. The second-order valence-corrected chi connectivity index (χ2v) is 37.1. The van der Waals surface area contributed by atoms with Crippen molar-refractivity contribution in [3.05, 3.63) is 165 Å². The van der Waals surface area contributed by atoms with Crippen molar-refractivity contribution >= 4 is 135 Å². The summed E-state index contributed by atoms with van der Waals surface area (Å²) in [6.07, 6.45) is 15.3. The lowest BCUT2D eigenvalue weighted by atomic mass is 9.99. The predicted octanol–water partition coefficient (Wildman–Crippen LogP) is 17.1. The van der Waals surface area contributed by atoms with Gasteiger partial charge in [0.05, 0.1) is 60.7 Å². The van der Waals surface area contributed by atoms with Crippen LogP contribution in [-0.4, -0.2) is 214 Å². The molecule has 15 nitrogen and oxygen atoms in total. The molecule has 0 saturated carbocycles. The number of nitrogens with one attached hydrogen (secondary N) is 1. The van der Waals surface area contributed by atoms with E-state index in [9.17, 15) is 30.3 Å². The number of piperidine rings is 5. The molecule has 0 radical (unpaired) electrons. The molecule has 10 aliphatic rings. The normalized spacial score (nSPS) is 28.5. The number of halogens is 10. The third kappa shape index (κ3) is 20.2. The molecule has 5 saturated heterocycles. The fraction of sp³-hybridized carbons (Fsp3) is 0.608. The lowest BCUT2D eigenvalue weighted by Gasteiger charge is -2.40. The molecule has 0 aromatic heterocycles. The van der Waals surface area contributed by atoms with Crippen LogP contribution >= 0.6 is 129 Å². The number of ether oxygens (including phenoxy) is 1. The van der Waals surface area contributed by atoms with Gasteiger partial charge >= 0.3 is 6.09 Å². The number of carbonyl (C=O) groups excluding carboxylic acids is 1. The quantitative estimate of drug-likeness (QED) is 0.0870. The summed E-state index contributed by atoms with van der Waals surface area (Å²) >= 11 is 54.1. The first-order chi connectivity index (χ1) is 49.4. The second kappa shape index (κ2) is 36.9. The largest absolute Gasteiger partial charge is 0.444 e. The van der Waals surface area contributed by atoms with Crippen LogP contribution in [0.1, 0.15) is 184 Å². The Morgan fingerprint density at radius 1 is 0.404 bits per heavy atom. The standard InChI is InChI=1S/C19H26BrClN2O3.C16H22BrClN2O.C16H22Cl2N2O.C14H17BrClNO.C14H17Cl2NO/c1-19(2,3)26-18(25)22-12-5-4-6-23(10-12)17-14-7-11(21)8-15(20)13(14)9-16(17)24;1-19(2)11-4-3-5-20(9-11)16-13-6-10(18)7-14(17)12(13)8-15(16)21;1-19(2)11-4-3-5-20(9-11)16-13-6-10(17)7-14(18)12(13)8-15(16)21;15-12-7-9(16)6-11-10(12)8-13(18)14(11)17-4-2-1-3-5-17;15-9-6-11-10(12(16)7-9)8-13(18)14(11)17-4-2-1-3-5-17/h7-8,12,16-17,24H,4-6,9-10H2,1-3H3,(H,22,25);2*6-7,11,15-16,21H,3-5,8-9H2,1-2H3;2*6-7,13-14,18H,1-5,8H2/t12-,16-,17-;2*11-,15-,16-;2*13-,14-/m11111/s1. The van der Waals surface area contributed by atoms with Crippen molar-refractivity contribution in [1.82, 2.24) is 39.6 Å². The maximum absolute atomic E-state index is 12.1. The summed E-state index contributed by atoms with van der Waals surface area (Å²) in [5.74, 6) is 0. The predicted molar refractivity (Wildman–Crippen MR) is 434 cm³/mol. The van der Waals surface area contributed by atoms with Crippen LogP contribution in [0.25, 0.3) is 0 Å². The molecule has 6 N–H and O–H groups in total. The second-order valence-electron chi connectivity index (χ2n) is 31.5. The minimum absolute atomic E-state index is 0.0116. The Balaban J connectivity index is 0.000000131. The molecule has 104 heavy (non-hydrogen) atoms. The van der Waals surface area contributed by atoms with Crippen LogP contribution in [0.15, 0.2) is 74.1 Å².